The molecular formula is C26H36N4O23S2. The summed E-state index contributed by atoms with van der Waals surface area (Å²) in [5, 5.41) is 38.4. The maximum atomic E-state index is 10.5. The Morgan fingerprint density at radius 3 is 1.25 bits per heavy atom. The molecule has 0 N–H and O–H groups in total. The van der Waals surface area contributed by atoms with Gasteiger partial charge in [0.15, 0.2) is 36.9 Å². The summed E-state index contributed by atoms with van der Waals surface area (Å²) in [7, 11) is 0. The molecule has 12 unspecified atom stereocenters. The Morgan fingerprint density at radius 2 is 0.782 bits per heavy atom. The van der Waals surface area contributed by atoms with Gasteiger partial charge in [0.25, 0.3) is 20.3 Å². The molecule has 0 saturated carbocycles. The zero-order valence-electron chi connectivity index (χ0n) is 28.3. The van der Waals surface area contributed by atoms with E-state index in [1.807, 2.05) is 0 Å². The van der Waals surface area contributed by atoms with E-state index in [0.29, 0.717) is 26.4 Å². The molecule has 27 nitrogen and oxygen atoms in total. The van der Waals surface area contributed by atoms with Crippen LogP contribution in [0.4, 0.5) is 0 Å². The van der Waals surface area contributed by atoms with E-state index in [9.17, 15) is 40.5 Å². The highest BCUT2D eigenvalue weighted by Crippen LogP contribution is 2.38. The molecule has 8 aliphatic rings. The first kappa shape index (κ1) is 41.4. The van der Waals surface area contributed by atoms with Crippen LogP contribution in [0.25, 0.3) is 0 Å². The minimum atomic E-state index is -0.856. The number of ether oxygens (including phenoxy) is 9. The fourth-order valence-corrected chi connectivity index (χ4v) is 8.63. The van der Waals surface area contributed by atoms with Crippen molar-refractivity contribution in [1.82, 2.24) is 0 Å². The van der Waals surface area contributed by atoms with Crippen LogP contribution >= 0.6 is 12.0 Å². The van der Waals surface area contributed by atoms with E-state index in [4.69, 9.17) is 51.0 Å². The van der Waals surface area contributed by atoms with Crippen LogP contribution in [0.15, 0.2) is 0 Å². The number of nitrogens with zero attached hydrogens (tertiary/aromatic N) is 4. The standard InChI is InChI=1S/C13H18N2O11S.C13H18N2O11.OS/c16-14(17)25-7-3-21-10-6(1-20-11(7)10)2-24-27-9-5-23-12-8(26-15(18)19)4-22-13(9)12;16-14(17)25-8-4-22-10-6(2-21-12(8)10)1-20-7-3-23-13-9(26-15(18)19)5-24-11(7)13;1-2/h6-13H,1-5H2;6-13H,1-5H2;/t6?,7-,8-,9?,10?,11?,12?,13?;6?,7?,8-,9-,10?,11?,12?,13?;/m11./s1. The van der Waals surface area contributed by atoms with Crippen LogP contribution in [0.3, 0.4) is 0 Å². The van der Waals surface area contributed by atoms with Crippen LogP contribution in [0.2, 0.25) is 0 Å². The summed E-state index contributed by atoms with van der Waals surface area (Å²) < 4.78 is 63.9. The molecule has 0 bridgehead atoms. The Bertz CT molecular complexity index is 1270. The molecule has 8 fully saturated rings. The van der Waals surface area contributed by atoms with E-state index in [1.165, 1.54) is 12.0 Å². The molecule has 0 amide bonds. The van der Waals surface area contributed by atoms with E-state index in [2.05, 4.69) is 31.9 Å². The molecule has 0 aliphatic carbocycles. The second-order valence-electron chi connectivity index (χ2n) is 13.2. The van der Waals surface area contributed by atoms with Gasteiger partial charge in [-0.2, -0.15) is 4.21 Å². The monoisotopic (exact) mass is 836 g/mol. The molecule has 8 aliphatic heterocycles. The highest BCUT2D eigenvalue weighted by atomic mass is 32.2. The maximum absolute atomic E-state index is 10.5. The highest BCUT2D eigenvalue weighted by Gasteiger charge is 2.54. The third kappa shape index (κ3) is 9.67. The summed E-state index contributed by atoms with van der Waals surface area (Å²) in [6.07, 6.45) is -6.79. The minimum absolute atomic E-state index is 0.0659. The Morgan fingerprint density at radius 1 is 0.455 bits per heavy atom. The summed E-state index contributed by atoms with van der Waals surface area (Å²) >= 11 is 4.02. The van der Waals surface area contributed by atoms with Gasteiger partial charge in [-0.05, 0) is 12.0 Å². The molecule has 8 heterocycles. The summed E-state index contributed by atoms with van der Waals surface area (Å²) in [4.78, 5) is 60.2. The van der Waals surface area contributed by atoms with Crippen molar-refractivity contribution >= 4 is 24.6 Å². The smallest absolute Gasteiger partial charge is 0.294 e. The van der Waals surface area contributed by atoms with Crippen LogP contribution in [0.5, 0.6) is 0 Å². The Balaban J connectivity index is 0.000000179. The van der Waals surface area contributed by atoms with Crippen LogP contribution < -0.4 is 0 Å². The molecule has 29 heteroatoms. The van der Waals surface area contributed by atoms with Gasteiger partial charge in [0.05, 0.1) is 83.5 Å². The number of hydrogen-bond acceptors (Lipinski definition) is 25. The molecule has 0 spiro atoms. The van der Waals surface area contributed by atoms with E-state index < -0.39 is 75.3 Å². The average molecular weight is 837 g/mol. The number of rotatable bonds is 15. The van der Waals surface area contributed by atoms with Crippen LogP contribution in [0.1, 0.15) is 0 Å². The third-order valence-corrected chi connectivity index (χ3v) is 11.0. The van der Waals surface area contributed by atoms with E-state index in [0.717, 1.165) is 0 Å². The van der Waals surface area contributed by atoms with Gasteiger partial charge >= 0.3 is 0 Å². The first-order valence-corrected chi connectivity index (χ1v) is 17.9. The summed E-state index contributed by atoms with van der Waals surface area (Å²) in [5.41, 5.74) is 0. The Labute approximate surface area is 318 Å². The van der Waals surface area contributed by atoms with Crippen molar-refractivity contribution < 1.29 is 90.7 Å². The van der Waals surface area contributed by atoms with Gasteiger partial charge in [-0.3, -0.25) is 0 Å². The fourth-order valence-electron chi connectivity index (χ4n) is 7.72. The number of hydrogen-bond donors (Lipinski definition) is 0. The van der Waals surface area contributed by atoms with Crippen molar-refractivity contribution in [2.45, 2.75) is 84.6 Å². The highest BCUT2D eigenvalue weighted by molar-refractivity contribution is 7.95. The van der Waals surface area contributed by atoms with Gasteiger partial charge in [0, 0.05) is 11.8 Å². The molecule has 8 rings (SSSR count). The minimum Gasteiger partial charge on any atom is -0.373 e. The predicted octanol–water partition coefficient (Wildman–Crippen LogP) is -2.21. The second-order valence-corrected chi connectivity index (χ2v) is 14.2. The van der Waals surface area contributed by atoms with Crippen molar-refractivity contribution in [3.8, 4) is 0 Å². The van der Waals surface area contributed by atoms with Gasteiger partial charge in [-0.15, -0.1) is 40.5 Å². The Hall–Kier alpha value is -3.23. The van der Waals surface area contributed by atoms with Gasteiger partial charge in [-0.1, -0.05) is 0 Å². The summed E-state index contributed by atoms with van der Waals surface area (Å²) in [6, 6.07) is 0. The molecule has 310 valence electrons. The molecule has 0 radical (unpaired) electrons. The van der Waals surface area contributed by atoms with Crippen molar-refractivity contribution in [3.63, 3.8) is 0 Å². The maximum Gasteiger partial charge on any atom is 0.294 e. The number of fused-ring (bicyclic) bond motifs is 4. The summed E-state index contributed by atoms with van der Waals surface area (Å²) in [6.45, 7) is 2.23. The fraction of sp³-hybridized carbons (Fsp3) is 1.00. The van der Waals surface area contributed by atoms with Crippen molar-refractivity contribution in [3.05, 3.63) is 40.5 Å². The van der Waals surface area contributed by atoms with E-state index in [1.54, 1.807) is 0 Å². The average Bonchev–Trinajstić information content (AvgIpc) is 3.98. The van der Waals surface area contributed by atoms with Gasteiger partial charge in [0.2, 0.25) is 0 Å². The molecule has 8 saturated heterocycles. The van der Waals surface area contributed by atoms with Crippen molar-refractivity contribution in [2.75, 3.05) is 66.1 Å². The van der Waals surface area contributed by atoms with Gasteiger partial charge < -0.3 is 66.2 Å². The molecular weight excluding hydrogens is 800 g/mol. The molecule has 0 aromatic carbocycles. The quantitative estimate of drug-likeness (QED) is 0.0958. The van der Waals surface area contributed by atoms with E-state index in [-0.39, 0.29) is 81.1 Å². The molecule has 55 heavy (non-hydrogen) atoms. The van der Waals surface area contributed by atoms with Gasteiger partial charge in [-0.25, -0.2) is 0 Å². The lowest BCUT2D eigenvalue weighted by Gasteiger charge is -2.21. The SMILES string of the molecule is O=S.O=[N+]([O-])O[C@@H]1COC2C(COC3COC4C3OC[C@H]4O[N+](=O)[O-])COC21.O=[N+]([O-])O[C@@H]1COC2C(COSC3COC4C3OC[C@H]4O[N+](=O)[O-])COC21. The van der Waals surface area contributed by atoms with Gasteiger partial charge in [0.1, 0.15) is 42.7 Å². The Kier molecular flexibility index (Phi) is 14.2. The van der Waals surface area contributed by atoms with Crippen molar-refractivity contribution in [1.29, 1.82) is 0 Å². The first-order valence-electron chi connectivity index (χ1n) is 16.8. The molecule has 0 aromatic rings. The topological polar surface area (TPSA) is 319 Å². The van der Waals surface area contributed by atoms with Crippen molar-refractivity contribution in [2.24, 2.45) is 11.8 Å². The zero-order chi connectivity index (χ0) is 39.2. The van der Waals surface area contributed by atoms with Crippen LogP contribution in [-0.4, -0.2) is 175 Å². The van der Waals surface area contributed by atoms with Crippen LogP contribution in [-0.2, 0) is 78.7 Å². The van der Waals surface area contributed by atoms with Crippen LogP contribution in [0, 0.1) is 52.3 Å². The lowest BCUT2D eigenvalue weighted by molar-refractivity contribution is -0.769. The molecule has 16 atom stereocenters. The second kappa shape index (κ2) is 18.8. The van der Waals surface area contributed by atoms with E-state index >= 15 is 0 Å². The zero-order valence-corrected chi connectivity index (χ0v) is 29.9. The normalized spacial score (nSPS) is 41.7. The predicted molar refractivity (Wildman–Crippen MR) is 168 cm³/mol. The largest absolute Gasteiger partial charge is 0.373 e. The molecule has 0 aromatic heterocycles. The summed E-state index contributed by atoms with van der Waals surface area (Å²) in [5.74, 6) is -0.178. The third-order valence-electron chi connectivity index (χ3n) is 10.0. The lowest BCUT2D eigenvalue weighted by atomic mass is 10.0. The lowest BCUT2D eigenvalue weighted by Crippen LogP contribution is -2.37. The first-order chi connectivity index (χ1) is 26.5.